The molecule has 4 rings (SSSR count). The Morgan fingerprint density at radius 1 is 0.969 bits per heavy atom. The fraction of sp³-hybridized carbons (Fsp3) is 0.250. The van der Waals surface area contributed by atoms with Gasteiger partial charge in [0.15, 0.2) is 5.76 Å². The lowest BCUT2D eigenvalue weighted by Gasteiger charge is -2.36. The molecule has 6 nitrogen and oxygen atoms in total. The molecule has 0 spiro atoms. The number of nitrogens with one attached hydrogen (secondary N) is 1. The smallest absolute Gasteiger partial charge is 0.291 e. The molecule has 0 bridgehead atoms. The number of piperazine rings is 1. The van der Waals surface area contributed by atoms with Crippen LogP contribution in [0.5, 0.6) is 0 Å². The van der Waals surface area contributed by atoms with E-state index in [9.17, 15) is 9.59 Å². The average Bonchev–Trinajstić information content (AvgIpc) is 3.31. The fourth-order valence-electron chi connectivity index (χ4n) is 3.76. The Bertz CT molecular complexity index is 1140. The Balaban J connectivity index is 1.49. The maximum Gasteiger partial charge on any atom is 0.291 e. The molecule has 1 aliphatic heterocycles. The van der Waals surface area contributed by atoms with Crippen LogP contribution in [-0.4, -0.2) is 42.9 Å². The summed E-state index contributed by atoms with van der Waals surface area (Å²) in [4.78, 5) is 28.9. The second kappa shape index (κ2) is 9.67. The van der Waals surface area contributed by atoms with Crippen molar-refractivity contribution >= 4 is 46.4 Å². The Hall–Kier alpha value is -2.96. The molecule has 32 heavy (non-hydrogen) atoms. The highest BCUT2D eigenvalue weighted by Crippen LogP contribution is 2.34. The molecule has 0 aliphatic carbocycles. The van der Waals surface area contributed by atoms with E-state index >= 15 is 0 Å². The van der Waals surface area contributed by atoms with Gasteiger partial charge in [0.1, 0.15) is 5.76 Å². The highest BCUT2D eigenvalue weighted by atomic mass is 35.5. The van der Waals surface area contributed by atoms with Crippen molar-refractivity contribution in [3.63, 3.8) is 0 Å². The van der Waals surface area contributed by atoms with E-state index in [2.05, 4.69) is 10.2 Å². The number of benzene rings is 2. The standard InChI is InChI=1S/C24H23Cl2N3O3/c1-2-22(30)29-14-12-28(13-15-29)19-9-4-3-8-18(19)27-24(31)21-11-10-20(32-21)16-6-5-7-17(25)23(16)26/h3-11H,2,12-15H2,1H3,(H,27,31). The SMILES string of the molecule is CCC(=O)N1CCN(c2ccccc2NC(=O)c2ccc(-c3cccc(Cl)c3Cl)o2)CC1. The number of furan rings is 1. The first-order valence-electron chi connectivity index (χ1n) is 10.4. The molecule has 1 aliphatic rings. The average molecular weight is 472 g/mol. The van der Waals surface area contributed by atoms with Crippen molar-refractivity contribution in [3.8, 4) is 11.3 Å². The van der Waals surface area contributed by atoms with Crippen LogP contribution in [0.25, 0.3) is 11.3 Å². The number of hydrogen-bond acceptors (Lipinski definition) is 4. The molecule has 0 unspecified atom stereocenters. The van der Waals surface area contributed by atoms with Gasteiger partial charge in [-0.05, 0) is 36.4 Å². The number of halogens is 2. The zero-order valence-corrected chi connectivity index (χ0v) is 19.1. The second-order valence-corrected chi connectivity index (χ2v) is 8.24. The van der Waals surface area contributed by atoms with Crippen LogP contribution in [0.3, 0.4) is 0 Å². The van der Waals surface area contributed by atoms with Gasteiger partial charge >= 0.3 is 0 Å². The van der Waals surface area contributed by atoms with E-state index in [0.717, 1.165) is 5.69 Å². The Kier molecular flexibility index (Phi) is 6.72. The predicted molar refractivity (Wildman–Crippen MR) is 128 cm³/mol. The number of carbonyl (C=O) groups is 2. The molecule has 2 aromatic carbocycles. The Morgan fingerprint density at radius 3 is 2.47 bits per heavy atom. The predicted octanol–water partition coefficient (Wildman–Crippen LogP) is 5.56. The normalized spacial score (nSPS) is 13.8. The second-order valence-electron chi connectivity index (χ2n) is 7.46. The van der Waals surface area contributed by atoms with E-state index in [4.69, 9.17) is 27.6 Å². The van der Waals surface area contributed by atoms with Gasteiger partial charge in [-0.15, -0.1) is 0 Å². The summed E-state index contributed by atoms with van der Waals surface area (Å²) in [7, 11) is 0. The monoisotopic (exact) mass is 471 g/mol. The zero-order valence-electron chi connectivity index (χ0n) is 17.6. The van der Waals surface area contributed by atoms with Gasteiger partial charge in [-0.2, -0.15) is 0 Å². The molecular weight excluding hydrogens is 449 g/mol. The number of hydrogen-bond donors (Lipinski definition) is 1. The minimum Gasteiger partial charge on any atom is -0.451 e. The third-order valence-electron chi connectivity index (χ3n) is 5.47. The van der Waals surface area contributed by atoms with Gasteiger partial charge in [-0.3, -0.25) is 9.59 Å². The fourth-order valence-corrected chi connectivity index (χ4v) is 4.15. The highest BCUT2D eigenvalue weighted by Gasteiger charge is 2.23. The molecule has 1 saturated heterocycles. The molecule has 1 aromatic heterocycles. The zero-order chi connectivity index (χ0) is 22.7. The molecule has 2 amide bonds. The van der Waals surface area contributed by atoms with Crippen molar-refractivity contribution in [1.29, 1.82) is 0 Å². The minimum absolute atomic E-state index is 0.166. The van der Waals surface area contributed by atoms with E-state index in [1.807, 2.05) is 36.1 Å². The lowest BCUT2D eigenvalue weighted by atomic mass is 10.2. The lowest BCUT2D eigenvalue weighted by molar-refractivity contribution is -0.131. The number of amides is 2. The maximum absolute atomic E-state index is 12.9. The van der Waals surface area contributed by atoms with Gasteiger partial charge in [0.05, 0.1) is 21.4 Å². The van der Waals surface area contributed by atoms with Crippen LogP contribution in [0.1, 0.15) is 23.9 Å². The van der Waals surface area contributed by atoms with E-state index in [1.165, 1.54) is 0 Å². The Morgan fingerprint density at radius 2 is 1.72 bits per heavy atom. The first-order chi connectivity index (χ1) is 15.5. The number of para-hydroxylation sites is 2. The van der Waals surface area contributed by atoms with Crippen molar-refractivity contribution in [3.05, 3.63) is 70.4 Å². The molecule has 1 N–H and O–H groups in total. The number of carbonyl (C=O) groups excluding carboxylic acids is 2. The van der Waals surface area contributed by atoms with Crippen molar-refractivity contribution < 1.29 is 14.0 Å². The largest absolute Gasteiger partial charge is 0.451 e. The van der Waals surface area contributed by atoms with Crippen LogP contribution in [0.2, 0.25) is 10.0 Å². The summed E-state index contributed by atoms with van der Waals surface area (Å²) in [6.07, 6.45) is 0.512. The third-order valence-corrected chi connectivity index (χ3v) is 6.29. The molecular formula is C24H23Cl2N3O3. The van der Waals surface area contributed by atoms with Crippen LogP contribution >= 0.6 is 23.2 Å². The van der Waals surface area contributed by atoms with Crippen LogP contribution in [0.4, 0.5) is 11.4 Å². The lowest BCUT2D eigenvalue weighted by Crippen LogP contribution is -2.48. The Labute approximate surface area is 196 Å². The quantitative estimate of drug-likeness (QED) is 0.528. The van der Waals surface area contributed by atoms with Crippen LogP contribution in [0, 0.1) is 0 Å². The summed E-state index contributed by atoms with van der Waals surface area (Å²) in [5, 5.41) is 3.74. The van der Waals surface area contributed by atoms with E-state index in [0.29, 0.717) is 59.7 Å². The molecule has 2 heterocycles. The van der Waals surface area contributed by atoms with E-state index in [-0.39, 0.29) is 17.6 Å². The van der Waals surface area contributed by atoms with Crippen molar-refractivity contribution in [2.75, 3.05) is 36.4 Å². The molecule has 3 aromatic rings. The molecule has 0 atom stereocenters. The molecule has 0 radical (unpaired) electrons. The molecule has 166 valence electrons. The van der Waals surface area contributed by atoms with Gasteiger partial charge in [-0.25, -0.2) is 0 Å². The highest BCUT2D eigenvalue weighted by molar-refractivity contribution is 6.43. The van der Waals surface area contributed by atoms with Gasteiger partial charge in [0.2, 0.25) is 5.91 Å². The summed E-state index contributed by atoms with van der Waals surface area (Å²) in [6, 6.07) is 16.2. The summed E-state index contributed by atoms with van der Waals surface area (Å²) >= 11 is 12.4. The van der Waals surface area contributed by atoms with Crippen LogP contribution in [-0.2, 0) is 4.79 Å². The summed E-state index contributed by atoms with van der Waals surface area (Å²) in [6.45, 7) is 4.61. The van der Waals surface area contributed by atoms with Gasteiger partial charge in [0, 0.05) is 38.2 Å². The van der Waals surface area contributed by atoms with Gasteiger partial charge < -0.3 is 19.5 Å². The molecule has 8 heteroatoms. The van der Waals surface area contributed by atoms with Crippen molar-refractivity contribution in [1.82, 2.24) is 4.90 Å². The van der Waals surface area contributed by atoms with Crippen LogP contribution < -0.4 is 10.2 Å². The topological polar surface area (TPSA) is 65.8 Å². The first-order valence-corrected chi connectivity index (χ1v) is 11.2. The van der Waals surface area contributed by atoms with E-state index < -0.39 is 0 Å². The van der Waals surface area contributed by atoms with Gasteiger partial charge in [0.25, 0.3) is 5.91 Å². The van der Waals surface area contributed by atoms with E-state index in [1.54, 1.807) is 30.3 Å². The molecule has 0 saturated carbocycles. The van der Waals surface area contributed by atoms with Crippen molar-refractivity contribution in [2.45, 2.75) is 13.3 Å². The minimum atomic E-state index is -0.360. The third kappa shape index (κ3) is 4.61. The number of anilines is 2. The maximum atomic E-state index is 12.9. The molecule has 1 fully saturated rings. The summed E-state index contributed by atoms with van der Waals surface area (Å²) in [5.41, 5.74) is 2.22. The number of nitrogens with zero attached hydrogens (tertiary/aromatic N) is 2. The van der Waals surface area contributed by atoms with Crippen LogP contribution in [0.15, 0.2) is 59.0 Å². The summed E-state index contributed by atoms with van der Waals surface area (Å²) in [5.74, 6) is 0.443. The number of rotatable bonds is 5. The van der Waals surface area contributed by atoms with Gasteiger partial charge in [-0.1, -0.05) is 48.3 Å². The first kappa shape index (κ1) is 22.2. The summed E-state index contributed by atoms with van der Waals surface area (Å²) < 4.78 is 5.76. The van der Waals surface area contributed by atoms with Crippen molar-refractivity contribution in [2.24, 2.45) is 0 Å².